The van der Waals surface area contributed by atoms with E-state index in [1.54, 1.807) is 23.7 Å². The van der Waals surface area contributed by atoms with Gasteiger partial charge in [0.2, 0.25) is 5.91 Å². The van der Waals surface area contributed by atoms with E-state index in [1.807, 2.05) is 36.6 Å². The van der Waals surface area contributed by atoms with Gasteiger partial charge in [-0.05, 0) is 37.6 Å². The molecule has 2 unspecified atom stereocenters. The fourth-order valence-corrected chi connectivity index (χ4v) is 3.90. The fourth-order valence-electron chi connectivity index (χ4n) is 3.04. The van der Waals surface area contributed by atoms with Gasteiger partial charge in [-0.3, -0.25) is 9.78 Å². The fraction of sp³-hybridized carbons (Fsp3) is 0.316. The number of furan rings is 1. The van der Waals surface area contributed by atoms with Crippen LogP contribution in [0.5, 0.6) is 0 Å². The van der Waals surface area contributed by atoms with Crippen molar-refractivity contribution in [2.24, 2.45) is 0 Å². The summed E-state index contributed by atoms with van der Waals surface area (Å²) in [6.07, 6.45) is 4.88. The average Bonchev–Trinajstić information content (AvgIpc) is 3.43. The number of carbonyl (C=O) groups is 1. The van der Waals surface area contributed by atoms with Gasteiger partial charge in [-0.25, -0.2) is 15.8 Å². The second-order valence-corrected chi connectivity index (χ2v) is 7.36. The van der Waals surface area contributed by atoms with Gasteiger partial charge in [0.05, 0.1) is 11.7 Å². The molecule has 3 aromatic rings. The van der Waals surface area contributed by atoms with Crippen molar-refractivity contribution in [3.63, 3.8) is 0 Å². The summed E-state index contributed by atoms with van der Waals surface area (Å²) in [6, 6.07) is 7.50. The predicted octanol–water partition coefficient (Wildman–Crippen LogP) is 2.37. The third-order valence-corrected chi connectivity index (χ3v) is 5.42. The molecule has 0 aliphatic carbocycles. The SMILES string of the molecule is Cc1ccc(C2CC(C(=O)NCCc3csc(-c4ccncc4)n3)NN2)o1. The summed E-state index contributed by atoms with van der Waals surface area (Å²) in [7, 11) is 0. The molecule has 2 atom stereocenters. The summed E-state index contributed by atoms with van der Waals surface area (Å²) in [6.45, 7) is 2.47. The molecule has 1 amide bonds. The monoisotopic (exact) mass is 383 g/mol. The third kappa shape index (κ3) is 4.24. The molecule has 0 radical (unpaired) electrons. The number of hydrogen-bond donors (Lipinski definition) is 3. The Balaban J connectivity index is 1.25. The molecule has 1 aliphatic heterocycles. The van der Waals surface area contributed by atoms with E-state index in [1.165, 1.54) is 0 Å². The van der Waals surface area contributed by atoms with Crippen molar-refractivity contribution in [2.45, 2.75) is 31.8 Å². The van der Waals surface area contributed by atoms with Gasteiger partial charge >= 0.3 is 0 Å². The number of nitrogens with one attached hydrogen (secondary N) is 3. The lowest BCUT2D eigenvalue weighted by Gasteiger charge is -2.09. The van der Waals surface area contributed by atoms with Crippen molar-refractivity contribution < 1.29 is 9.21 Å². The number of thiazole rings is 1. The molecule has 1 fully saturated rings. The predicted molar refractivity (Wildman–Crippen MR) is 103 cm³/mol. The van der Waals surface area contributed by atoms with Gasteiger partial charge in [0.15, 0.2) is 0 Å². The maximum Gasteiger partial charge on any atom is 0.238 e. The van der Waals surface area contributed by atoms with E-state index in [2.05, 4.69) is 26.1 Å². The molecule has 0 saturated carbocycles. The van der Waals surface area contributed by atoms with Crippen LogP contribution in [0.1, 0.15) is 29.7 Å². The molecule has 3 N–H and O–H groups in total. The van der Waals surface area contributed by atoms with Crippen LogP contribution in [-0.2, 0) is 11.2 Å². The Labute approximate surface area is 161 Å². The zero-order valence-electron chi connectivity index (χ0n) is 14.9. The van der Waals surface area contributed by atoms with Gasteiger partial charge in [0, 0.05) is 36.3 Å². The Bertz CT molecular complexity index is 908. The Kier molecular flexibility index (Phi) is 5.28. The molecule has 27 heavy (non-hydrogen) atoms. The molecule has 1 aliphatic rings. The molecule has 1 saturated heterocycles. The number of aryl methyl sites for hydroxylation is 1. The zero-order valence-corrected chi connectivity index (χ0v) is 15.8. The van der Waals surface area contributed by atoms with E-state index < -0.39 is 0 Å². The summed E-state index contributed by atoms with van der Waals surface area (Å²) < 4.78 is 5.63. The summed E-state index contributed by atoms with van der Waals surface area (Å²) in [5.41, 5.74) is 8.21. The van der Waals surface area contributed by atoms with E-state index in [0.29, 0.717) is 19.4 Å². The lowest BCUT2D eigenvalue weighted by molar-refractivity contribution is -0.122. The van der Waals surface area contributed by atoms with E-state index in [0.717, 1.165) is 27.8 Å². The van der Waals surface area contributed by atoms with Gasteiger partial charge in [-0.2, -0.15) is 0 Å². The number of aromatic nitrogens is 2. The first-order valence-corrected chi connectivity index (χ1v) is 9.77. The number of amides is 1. The molecular weight excluding hydrogens is 362 g/mol. The van der Waals surface area contributed by atoms with Crippen LogP contribution in [0.4, 0.5) is 0 Å². The van der Waals surface area contributed by atoms with Gasteiger partial charge in [0.25, 0.3) is 0 Å². The summed E-state index contributed by atoms with van der Waals surface area (Å²) in [5, 5.41) is 5.99. The van der Waals surface area contributed by atoms with E-state index in [-0.39, 0.29) is 18.0 Å². The first-order valence-electron chi connectivity index (χ1n) is 8.89. The first-order chi connectivity index (χ1) is 13.2. The van der Waals surface area contributed by atoms with Crippen LogP contribution in [0.25, 0.3) is 10.6 Å². The first kappa shape index (κ1) is 17.8. The Morgan fingerprint density at radius 1 is 1.30 bits per heavy atom. The lowest BCUT2D eigenvalue weighted by Crippen LogP contribution is -2.43. The van der Waals surface area contributed by atoms with Crippen molar-refractivity contribution in [3.8, 4) is 10.6 Å². The van der Waals surface area contributed by atoms with Gasteiger partial charge in [0.1, 0.15) is 22.6 Å². The molecule has 140 valence electrons. The van der Waals surface area contributed by atoms with Crippen LogP contribution >= 0.6 is 11.3 Å². The summed E-state index contributed by atoms with van der Waals surface area (Å²) in [4.78, 5) is 21.0. The van der Waals surface area contributed by atoms with Gasteiger partial charge in [-0.15, -0.1) is 11.3 Å². The summed E-state index contributed by atoms with van der Waals surface area (Å²) >= 11 is 1.60. The zero-order chi connectivity index (χ0) is 18.6. The number of rotatable bonds is 6. The van der Waals surface area contributed by atoms with E-state index in [4.69, 9.17) is 4.42 Å². The maximum absolute atomic E-state index is 12.4. The van der Waals surface area contributed by atoms with Gasteiger partial charge in [-0.1, -0.05) is 0 Å². The highest BCUT2D eigenvalue weighted by Gasteiger charge is 2.31. The van der Waals surface area contributed by atoms with Crippen LogP contribution in [-0.4, -0.2) is 28.5 Å². The number of carbonyl (C=O) groups excluding carboxylic acids is 1. The smallest absolute Gasteiger partial charge is 0.238 e. The molecule has 7 nitrogen and oxygen atoms in total. The molecule has 8 heteroatoms. The van der Waals surface area contributed by atoms with Crippen LogP contribution in [0.15, 0.2) is 46.5 Å². The van der Waals surface area contributed by atoms with Crippen molar-refractivity contribution in [1.82, 2.24) is 26.1 Å². The highest BCUT2D eigenvalue weighted by Crippen LogP contribution is 2.24. The van der Waals surface area contributed by atoms with Crippen molar-refractivity contribution in [1.29, 1.82) is 0 Å². The minimum atomic E-state index is -0.275. The minimum Gasteiger partial charge on any atom is -0.465 e. The Hall–Kier alpha value is -2.55. The van der Waals surface area contributed by atoms with E-state index >= 15 is 0 Å². The van der Waals surface area contributed by atoms with Crippen LogP contribution < -0.4 is 16.2 Å². The molecule has 0 aromatic carbocycles. The maximum atomic E-state index is 12.4. The number of hydrogen-bond acceptors (Lipinski definition) is 7. The molecule has 4 heterocycles. The number of hydrazine groups is 1. The second kappa shape index (κ2) is 7.99. The number of pyridine rings is 1. The number of nitrogens with zero attached hydrogens (tertiary/aromatic N) is 2. The lowest BCUT2D eigenvalue weighted by atomic mass is 10.1. The second-order valence-electron chi connectivity index (χ2n) is 6.50. The van der Waals surface area contributed by atoms with Crippen molar-refractivity contribution in [3.05, 3.63) is 59.3 Å². The molecular formula is C19H21N5O2S. The van der Waals surface area contributed by atoms with Crippen molar-refractivity contribution in [2.75, 3.05) is 6.54 Å². The minimum absolute atomic E-state index is 0.0101. The summed E-state index contributed by atoms with van der Waals surface area (Å²) in [5.74, 6) is 1.70. The van der Waals surface area contributed by atoms with Gasteiger partial charge < -0.3 is 9.73 Å². The molecule has 0 spiro atoms. The van der Waals surface area contributed by atoms with Crippen LogP contribution in [0, 0.1) is 6.92 Å². The molecule has 3 aromatic heterocycles. The standard InChI is InChI=1S/C19H21N5O2S/c1-12-2-3-17(26-12)15-10-16(24-23-15)18(25)21-9-6-14-11-27-19(22-14)13-4-7-20-8-5-13/h2-5,7-8,11,15-16,23-24H,6,9-10H2,1H3,(H,21,25). The van der Waals surface area contributed by atoms with E-state index in [9.17, 15) is 4.79 Å². The quantitative estimate of drug-likeness (QED) is 0.605. The largest absolute Gasteiger partial charge is 0.465 e. The van der Waals surface area contributed by atoms with Crippen molar-refractivity contribution >= 4 is 17.2 Å². The highest BCUT2D eigenvalue weighted by atomic mass is 32.1. The Morgan fingerprint density at radius 2 is 2.15 bits per heavy atom. The Morgan fingerprint density at radius 3 is 2.93 bits per heavy atom. The average molecular weight is 383 g/mol. The normalized spacial score (nSPS) is 19.3. The highest BCUT2D eigenvalue weighted by molar-refractivity contribution is 7.13. The third-order valence-electron chi connectivity index (χ3n) is 4.48. The molecule has 0 bridgehead atoms. The molecule has 4 rings (SSSR count). The topological polar surface area (TPSA) is 92.1 Å². The van der Waals surface area contributed by atoms with Crippen LogP contribution in [0.2, 0.25) is 0 Å². The van der Waals surface area contributed by atoms with Crippen LogP contribution in [0.3, 0.4) is 0 Å².